The van der Waals surface area contributed by atoms with Crippen LogP contribution in [0.15, 0.2) is 40.9 Å². The second-order valence-electron chi connectivity index (χ2n) is 5.02. The number of benzene rings is 1. The smallest absolute Gasteiger partial charge is 0.269 e. The Kier molecular flexibility index (Phi) is 3.46. The van der Waals surface area contributed by atoms with E-state index in [2.05, 4.69) is 15.3 Å². The van der Waals surface area contributed by atoms with E-state index in [1.165, 1.54) is 6.07 Å². The molecule has 0 aliphatic carbocycles. The van der Waals surface area contributed by atoms with Gasteiger partial charge in [-0.2, -0.15) is 4.98 Å². The number of nitro benzene ring substituents is 1. The molecule has 0 spiro atoms. The molecule has 1 atom stereocenters. The van der Waals surface area contributed by atoms with Crippen molar-refractivity contribution in [2.24, 2.45) is 0 Å². The quantitative estimate of drug-likeness (QED) is 0.584. The number of nitrogens with one attached hydrogen (secondary N) is 1. The van der Waals surface area contributed by atoms with E-state index < -0.39 is 4.92 Å². The number of hydrogen-bond donors (Lipinski definition) is 1. The van der Waals surface area contributed by atoms with Crippen LogP contribution in [0.5, 0.6) is 0 Å². The van der Waals surface area contributed by atoms with Gasteiger partial charge in [-0.05, 0) is 19.4 Å². The predicted molar refractivity (Wildman–Crippen MR) is 81.7 cm³/mol. The molecule has 0 fully saturated rings. The molecule has 0 bridgehead atoms. The Morgan fingerprint density at radius 1 is 1.36 bits per heavy atom. The summed E-state index contributed by atoms with van der Waals surface area (Å²) in [6.45, 7) is 3.74. The normalized spacial score (nSPS) is 12.3. The molecule has 3 aromatic rings. The van der Waals surface area contributed by atoms with E-state index in [4.69, 9.17) is 4.42 Å². The number of aromatic nitrogens is 2. The van der Waals surface area contributed by atoms with Crippen molar-refractivity contribution in [1.82, 2.24) is 9.97 Å². The molecule has 2 heterocycles. The molecule has 112 valence electrons. The largest absolute Gasteiger partial charge is 0.442 e. The number of non-ortho nitro benzene ring substituents is 1. The number of hydrogen-bond acceptors (Lipinski definition) is 6. The summed E-state index contributed by atoms with van der Waals surface area (Å²) in [6, 6.07) is 8.16. The van der Waals surface area contributed by atoms with Gasteiger partial charge >= 0.3 is 0 Å². The van der Waals surface area contributed by atoms with Crippen molar-refractivity contribution in [1.29, 1.82) is 0 Å². The van der Waals surface area contributed by atoms with Gasteiger partial charge in [-0.3, -0.25) is 10.1 Å². The fourth-order valence-electron chi connectivity index (χ4n) is 2.21. The molecule has 22 heavy (non-hydrogen) atoms. The number of nitrogens with zero attached hydrogens (tertiary/aromatic N) is 3. The Hall–Kier alpha value is -2.96. The summed E-state index contributed by atoms with van der Waals surface area (Å²) in [5, 5.41) is 14.0. The minimum absolute atomic E-state index is 0.0642. The number of anilines is 1. The van der Waals surface area contributed by atoms with E-state index in [-0.39, 0.29) is 11.7 Å². The highest BCUT2D eigenvalue weighted by Gasteiger charge is 2.12. The second kappa shape index (κ2) is 5.44. The lowest BCUT2D eigenvalue weighted by atomic mass is 10.1. The molecule has 3 rings (SSSR count). The van der Waals surface area contributed by atoms with Gasteiger partial charge in [-0.1, -0.05) is 12.1 Å². The van der Waals surface area contributed by atoms with Crippen LogP contribution >= 0.6 is 0 Å². The van der Waals surface area contributed by atoms with Crippen LogP contribution in [0.1, 0.15) is 24.3 Å². The topological polar surface area (TPSA) is 94.1 Å². The van der Waals surface area contributed by atoms with Crippen LogP contribution in [0.4, 0.5) is 11.5 Å². The molecule has 1 aromatic carbocycles. The van der Waals surface area contributed by atoms with Gasteiger partial charge in [0, 0.05) is 18.2 Å². The summed E-state index contributed by atoms with van der Waals surface area (Å²) >= 11 is 0. The molecule has 0 aliphatic rings. The van der Waals surface area contributed by atoms with Crippen molar-refractivity contribution in [3.63, 3.8) is 0 Å². The molecule has 1 unspecified atom stereocenters. The summed E-state index contributed by atoms with van der Waals surface area (Å²) in [5.74, 6) is 1.31. The van der Waals surface area contributed by atoms with Gasteiger partial charge in [0.25, 0.3) is 5.69 Å². The fraction of sp³-hybridized carbons (Fsp3) is 0.200. The highest BCUT2D eigenvalue weighted by Crippen LogP contribution is 2.23. The molecule has 0 aliphatic heterocycles. The fourth-order valence-corrected chi connectivity index (χ4v) is 2.21. The molecular weight excluding hydrogens is 284 g/mol. The number of aryl methyl sites for hydroxylation is 1. The van der Waals surface area contributed by atoms with Crippen molar-refractivity contribution in [2.75, 3.05) is 5.32 Å². The Morgan fingerprint density at radius 3 is 2.95 bits per heavy atom. The van der Waals surface area contributed by atoms with Gasteiger partial charge in [0.15, 0.2) is 0 Å². The summed E-state index contributed by atoms with van der Waals surface area (Å²) in [5.41, 5.74) is 2.03. The predicted octanol–water partition coefficient (Wildman–Crippen LogP) is 3.61. The zero-order valence-electron chi connectivity index (χ0n) is 12.1. The third-order valence-electron chi connectivity index (χ3n) is 3.31. The Morgan fingerprint density at radius 2 is 2.18 bits per heavy atom. The first kappa shape index (κ1) is 14.0. The van der Waals surface area contributed by atoms with Crippen LogP contribution < -0.4 is 5.32 Å². The summed E-state index contributed by atoms with van der Waals surface area (Å²) in [4.78, 5) is 19.0. The van der Waals surface area contributed by atoms with Crippen LogP contribution in [0.25, 0.3) is 11.2 Å². The zero-order valence-corrected chi connectivity index (χ0v) is 12.1. The van der Waals surface area contributed by atoms with E-state index in [9.17, 15) is 10.1 Å². The zero-order chi connectivity index (χ0) is 15.7. The van der Waals surface area contributed by atoms with E-state index in [1.54, 1.807) is 18.3 Å². The van der Waals surface area contributed by atoms with Gasteiger partial charge in [0.05, 0.1) is 17.2 Å². The standard InChI is InChI=1S/C15H14N4O3/c1-9-6-13-15(22-9)18-14(8-16-13)17-10(2)11-4-3-5-12(7-11)19(20)21/h3-8,10H,1-2H3,(H,17,18). The third kappa shape index (κ3) is 2.73. The molecule has 0 saturated heterocycles. The molecule has 1 N–H and O–H groups in total. The van der Waals surface area contributed by atoms with Crippen LogP contribution in [0.3, 0.4) is 0 Å². The lowest BCUT2D eigenvalue weighted by Gasteiger charge is -2.14. The Balaban J connectivity index is 1.84. The van der Waals surface area contributed by atoms with E-state index in [0.29, 0.717) is 17.0 Å². The second-order valence-corrected chi connectivity index (χ2v) is 5.02. The van der Waals surface area contributed by atoms with E-state index in [1.807, 2.05) is 26.0 Å². The highest BCUT2D eigenvalue weighted by molar-refractivity contribution is 5.70. The first-order valence-corrected chi connectivity index (χ1v) is 6.77. The van der Waals surface area contributed by atoms with Crippen molar-refractivity contribution in [3.05, 3.63) is 58.0 Å². The average Bonchev–Trinajstić information content (AvgIpc) is 2.86. The van der Waals surface area contributed by atoms with Gasteiger partial charge < -0.3 is 9.73 Å². The van der Waals surface area contributed by atoms with Crippen LogP contribution in [0.2, 0.25) is 0 Å². The molecule has 0 amide bonds. The minimum atomic E-state index is -0.409. The van der Waals surface area contributed by atoms with Crippen molar-refractivity contribution in [2.45, 2.75) is 19.9 Å². The number of rotatable bonds is 4. The molecule has 0 saturated carbocycles. The van der Waals surface area contributed by atoms with Crippen LogP contribution in [0, 0.1) is 17.0 Å². The number of nitro groups is 1. The van der Waals surface area contributed by atoms with E-state index in [0.717, 1.165) is 11.3 Å². The third-order valence-corrected chi connectivity index (χ3v) is 3.31. The maximum Gasteiger partial charge on any atom is 0.269 e. The van der Waals surface area contributed by atoms with Gasteiger partial charge in [0.2, 0.25) is 5.71 Å². The lowest BCUT2D eigenvalue weighted by Crippen LogP contribution is -2.08. The molecule has 7 nitrogen and oxygen atoms in total. The Labute approximate surface area is 126 Å². The molecular formula is C15H14N4O3. The lowest BCUT2D eigenvalue weighted by molar-refractivity contribution is -0.384. The molecule has 7 heteroatoms. The maximum atomic E-state index is 10.8. The highest BCUT2D eigenvalue weighted by atomic mass is 16.6. The maximum absolute atomic E-state index is 10.8. The monoisotopic (exact) mass is 298 g/mol. The van der Waals surface area contributed by atoms with Gasteiger partial charge in [0.1, 0.15) is 17.1 Å². The van der Waals surface area contributed by atoms with Crippen LogP contribution in [-0.2, 0) is 0 Å². The summed E-state index contributed by atoms with van der Waals surface area (Å²) in [6.07, 6.45) is 1.62. The summed E-state index contributed by atoms with van der Waals surface area (Å²) < 4.78 is 5.44. The SMILES string of the molecule is Cc1cc2ncc(NC(C)c3cccc([N+](=O)[O-])c3)nc2o1. The average molecular weight is 298 g/mol. The molecule has 2 aromatic heterocycles. The number of furan rings is 1. The van der Waals surface area contributed by atoms with Gasteiger partial charge in [-0.15, -0.1) is 0 Å². The van der Waals surface area contributed by atoms with Gasteiger partial charge in [-0.25, -0.2) is 4.98 Å². The molecule has 0 radical (unpaired) electrons. The minimum Gasteiger partial charge on any atom is -0.442 e. The summed E-state index contributed by atoms with van der Waals surface area (Å²) in [7, 11) is 0. The van der Waals surface area contributed by atoms with Crippen molar-refractivity contribution < 1.29 is 9.34 Å². The van der Waals surface area contributed by atoms with E-state index >= 15 is 0 Å². The first-order valence-electron chi connectivity index (χ1n) is 6.77. The number of fused-ring (bicyclic) bond motifs is 1. The van der Waals surface area contributed by atoms with Crippen molar-refractivity contribution in [3.8, 4) is 0 Å². The van der Waals surface area contributed by atoms with Crippen molar-refractivity contribution >= 4 is 22.7 Å². The van der Waals surface area contributed by atoms with Crippen LogP contribution in [-0.4, -0.2) is 14.9 Å². The Bertz CT molecular complexity index is 844. The first-order chi connectivity index (χ1) is 10.5.